The predicted molar refractivity (Wildman–Crippen MR) is 89.3 cm³/mol. The zero-order valence-corrected chi connectivity index (χ0v) is 12.8. The second-order valence-electron chi connectivity index (χ2n) is 5.06. The first-order chi connectivity index (χ1) is 11.8. The summed E-state index contributed by atoms with van der Waals surface area (Å²) >= 11 is 0. The Kier molecular flexibility index (Phi) is 4.72. The van der Waals surface area contributed by atoms with Crippen LogP contribution in [0.25, 0.3) is 10.8 Å². The van der Waals surface area contributed by atoms with Crippen molar-refractivity contribution in [3.8, 4) is 5.75 Å². The van der Waals surface area contributed by atoms with Crippen molar-refractivity contribution in [2.45, 2.75) is 6.61 Å². The van der Waals surface area contributed by atoms with Crippen molar-refractivity contribution in [2.24, 2.45) is 0 Å². The number of carbonyl (C=O) groups is 2. The van der Waals surface area contributed by atoms with Crippen LogP contribution >= 0.6 is 0 Å². The molecule has 0 aliphatic carbocycles. The highest BCUT2D eigenvalue weighted by atomic mass is 16.7. The Morgan fingerprint density at radius 3 is 2.38 bits per heavy atom. The van der Waals surface area contributed by atoms with E-state index < -0.39 is 5.97 Å². The first-order valence-corrected chi connectivity index (χ1v) is 7.38. The highest BCUT2D eigenvalue weighted by Gasteiger charge is 2.14. The van der Waals surface area contributed by atoms with E-state index in [0.717, 1.165) is 10.9 Å². The molecular formula is C19H15NO4. The van der Waals surface area contributed by atoms with Gasteiger partial charge in [0.05, 0.1) is 5.56 Å². The molecule has 0 saturated carbocycles. The molecule has 0 bridgehead atoms. The summed E-state index contributed by atoms with van der Waals surface area (Å²) in [7, 11) is 0. The quantitative estimate of drug-likeness (QED) is 0.559. The van der Waals surface area contributed by atoms with Crippen LogP contribution in [0.1, 0.15) is 15.9 Å². The summed E-state index contributed by atoms with van der Waals surface area (Å²) in [6.45, 7) is 0.432. The maximum absolute atomic E-state index is 12.0. The molecular weight excluding hydrogens is 306 g/mol. The molecule has 3 aromatic rings. The van der Waals surface area contributed by atoms with Gasteiger partial charge in [-0.05, 0) is 23.1 Å². The molecule has 5 heteroatoms. The molecule has 0 atom stereocenters. The van der Waals surface area contributed by atoms with Crippen molar-refractivity contribution in [3.05, 3.63) is 77.9 Å². The SMILES string of the molecule is O=CNOC(=O)c1ccc(OCc2ccccc2)c2ccccc12. The van der Waals surface area contributed by atoms with Crippen LogP contribution in [0.15, 0.2) is 66.7 Å². The monoisotopic (exact) mass is 321 g/mol. The van der Waals surface area contributed by atoms with Gasteiger partial charge in [-0.25, -0.2) is 4.79 Å². The molecule has 24 heavy (non-hydrogen) atoms. The van der Waals surface area contributed by atoms with Crippen LogP contribution in [0, 0.1) is 0 Å². The number of fused-ring (bicyclic) bond motifs is 1. The van der Waals surface area contributed by atoms with Crippen molar-refractivity contribution >= 4 is 23.2 Å². The Hall–Kier alpha value is -3.34. The van der Waals surface area contributed by atoms with E-state index in [-0.39, 0.29) is 0 Å². The number of benzene rings is 3. The average molecular weight is 321 g/mol. The molecule has 120 valence electrons. The Morgan fingerprint density at radius 2 is 1.62 bits per heavy atom. The van der Waals surface area contributed by atoms with Crippen LogP contribution in [0.4, 0.5) is 0 Å². The van der Waals surface area contributed by atoms with Gasteiger partial charge in [0.2, 0.25) is 6.41 Å². The van der Waals surface area contributed by atoms with E-state index in [1.165, 1.54) is 0 Å². The lowest BCUT2D eigenvalue weighted by atomic mass is 10.0. The molecule has 0 saturated heterocycles. The lowest BCUT2D eigenvalue weighted by Crippen LogP contribution is -2.18. The largest absolute Gasteiger partial charge is 0.488 e. The fraction of sp³-hybridized carbons (Fsp3) is 0.0526. The molecule has 0 unspecified atom stereocenters. The summed E-state index contributed by atoms with van der Waals surface area (Å²) in [5.41, 5.74) is 3.32. The van der Waals surface area contributed by atoms with Crippen molar-refractivity contribution < 1.29 is 19.2 Å². The average Bonchev–Trinajstić information content (AvgIpc) is 2.65. The standard InChI is InChI=1S/C19H15NO4/c21-13-20-24-19(22)17-10-11-18(16-9-5-4-8-15(16)17)23-12-14-6-2-1-3-7-14/h1-11,13H,12H2,(H,20,21). The highest BCUT2D eigenvalue weighted by molar-refractivity contribution is 6.06. The second-order valence-corrected chi connectivity index (χ2v) is 5.06. The van der Waals surface area contributed by atoms with Crippen LogP contribution in [0.5, 0.6) is 5.75 Å². The third kappa shape index (κ3) is 3.35. The Morgan fingerprint density at radius 1 is 0.917 bits per heavy atom. The van der Waals surface area contributed by atoms with E-state index in [1.807, 2.05) is 60.1 Å². The number of amides is 1. The molecule has 3 aromatic carbocycles. The number of hydrogen-bond donors (Lipinski definition) is 1. The summed E-state index contributed by atoms with van der Waals surface area (Å²) in [4.78, 5) is 27.0. The number of carbonyl (C=O) groups excluding carboxylic acids is 2. The number of rotatable bonds is 6. The summed E-state index contributed by atoms with van der Waals surface area (Å²) < 4.78 is 5.90. The van der Waals surface area contributed by atoms with Gasteiger partial charge in [0, 0.05) is 5.39 Å². The van der Waals surface area contributed by atoms with Gasteiger partial charge in [0.1, 0.15) is 12.4 Å². The minimum absolute atomic E-state index is 0.303. The van der Waals surface area contributed by atoms with E-state index in [1.54, 1.807) is 12.1 Å². The maximum Gasteiger partial charge on any atom is 0.363 e. The third-order valence-electron chi connectivity index (χ3n) is 3.54. The lowest BCUT2D eigenvalue weighted by molar-refractivity contribution is -0.117. The Bertz CT molecular complexity index is 862. The molecule has 0 aliphatic rings. The van der Waals surface area contributed by atoms with Crippen LogP contribution in [-0.4, -0.2) is 12.4 Å². The fourth-order valence-electron chi connectivity index (χ4n) is 2.44. The summed E-state index contributed by atoms with van der Waals surface area (Å²) in [5, 5.41) is 1.50. The molecule has 5 nitrogen and oxygen atoms in total. The van der Waals surface area contributed by atoms with Crippen molar-refractivity contribution in [3.63, 3.8) is 0 Å². The van der Waals surface area contributed by atoms with Crippen LogP contribution in [0.3, 0.4) is 0 Å². The third-order valence-corrected chi connectivity index (χ3v) is 3.54. The van der Waals surface area contributed by atoms with Crippen molar-refractivity contribution in [2.75, 3.05) is 0 Å². The van der Waals surface area contributed by atoms with Gasteiger partial charge >= 0.3 is 5.97 Å². The van der Waals surface area contributed by atoms with E-state index in [0.29, 0.717) is 29.7 Å². The lowest BCUT2D eigenvalue weighted by Gasteiger charge is -2.12. The van der Waals surface area contributed by atoms with Gasteiger partial charge in [-0.1, -0.05) is 54.6 Å². The number of ether oxygens (including phenoxy) is 1. The first-order valence-electron chi connectivity index (χ1n) is 7.38. The molecule has 0 aliphatic heterocycles. The summed E-state index contributed by atoms with van der Waals surface area (Å²) in [6, 6.07) is 20.6. The van der Waals surface area contributed by atoms with E-state index in [9.17, 15) is 9.59 Å². The zero-order chi connectivity index (χ0) is 16.8. The molecule has 1 N–H and O–H groups in total. The maximum atomic E-state index is 12.0. The van der Waals surface area contributed by atoms with Crippen LogP contribution in [-0.2, 0) is 16.2 Å². The number of hydrogen-bond acceptors (Lipinski definition) is 4. The van der Waals surface area contributed by atoms with Gasteiger partial charge < -0.3 is 9.57 Å². The van der Waals surface area contributed by atoms with Gasteiger partial charge in [-0.2, -0.15) is 5.48 Å². The number of hydroxylamine groups is 1. The smallest absolute Gasteiger partial charge is 0.363 e. The van der Waals surface area contributed by atoms with E-state index in [2.05, 4.69) is 4.84 Å². The minimum Gasteiger partial charge on any atom is -0.488 e. The summed E-state index contributed by atoms with van der Waals surface area (Å²) in [6.07, 6.45) is 0.303. The molecule has 0 spiro atoms. The predicted octanol–water partition coefficient (Wildman–Crippen LogP) is 3.24. The van der Waals surface area contributed by atoms with Crippen molar-refractivity contribution in [1.29, 1.82) is 0 Å². The minimum atomic E-state index is -0.632. The van der Waals surface area contributed by atoms with E-state index >= 15 is 0 Å². The van der Waals surface area contributed by atoms with Crippen LogP contribution < -0.4 is 10.2 Å². The topological polar surface area (TPSA) is 64.6 Å². The van der Waals surface area contributed by atoms with E-state index in [4.69, 9.17) is 4.74 Å². The normalized spacial score (nSPS) is 10.2. The molecule has 0 heterocycles. The van der Waals surface area contributed by atoms with Crippen molar-refractivity contribution in [1.82, 2.24) is 5.48 Å². The van der Waals surface area contributed by atoms with Gasteiger partial charge in [0.25, 0.3) is 0 Å². The summed E-state index contributed by atoms with van der Waals surface area (Å²) in [5.74, 6) is 0.0438. The van der Waals surface area contributed by atoms with Gasteiger partial charge in [-0.3, -0.25) is 4.79 Å². The number of nitrogens with one attached hydrogen (secondary N) is 1. The zero-order valence-electron chi connectivity index (χ0n) is 12.8. The molecule has 0 fully saturated rings. The van der Waals surface area contributed by atoms with Gasteiger partial charge in [-0.15, -0.1) is 0 Å². The first kappa shape index (κ1) is 15.6. The van der Waals surface area contributed by atoms with Crippen LogP contribution in [0.2, 0.25) is 0 Å². The molecule has 0 radical (unpaired) electrons. The fourth-order valence-corrected chi connectivity index (χ4v) is 2.44. The molecule has 1 amide bonds. The molecule has 3 rings (SSSR count). The Balaban J connectivity index is 1.90. The Labute approximate surface area is 138 Å². The molecule has 0 aromatic heterocycles. The van der Waals surface area contributed by atoms with Gasteiger partial charge in [0.15, 0.2) is 0 Å². The second kappa shape index (κ2) is 7.28. The highest BCUT2D eigenvalue weighted by Crippen LogP contribution is 2.29.